The Morgan fingerprint density at radius 2 is 2.12 bits per heavy atom. The zero-order valence-corrected chi connectivity index (χ0v) is 11.8. The number of aromatic nitrogens is 1. The van der Waals surface area contributed by atoms with E-state index in [-0.39, 0.29) is 0 Å². The number of ether oxygens (including phenoxy) is 3. The van der Waals surface area contributed by atoms with Crippen LogP contribution in [0.1, 0.15) is 19.8 Å². The summed E-state index contributed by atoms with van der Waals surface area (Å²) in [6, 6.07) is 1.83. The van der Waals surface area contributed by atoms with E-state index in [0.717, 1.165) is 23.9 Å². The maximum Gasteiger partial charge on any atom is 0.256 e. The van der Waals surface area contributed by atoms with Crippen LogP contribution in [-0.2, 0) is 4.74 Å². The molecular formula is C12H18BrNO3. The predicted molar refractivity (Wildman–Crippen MR) is 69.7 cm³/mol. The topological polar surface area (TPSA) is 40.6 Å². The van der Waals surface area contributed by atoms with Gasteiger partial charge in [-0.15, -0.1) is 0 Å². The molecule has 5 heteroatoms. The Labute approximate surface area is 110 Å². The SMILES string of the molecule is CCCCOCCOc1cc(Br)cnc1OC. The minimum Gasteiger partial charge on any atom is -0.486 e. The monoisotopic (exact) mass is 303 g/mol. The van der Waals surface area contributed by atoms with Gasteiger partial charge in [-0.3, -0.25) is 0 Å². The van der Waals surface area contributed by atoms with Crippen molar-refractivity contribution in [3.05, 3.63) is 16.7 Å². The third kappa shape index (κ3) is 5.37. The summed E-state index contributed by atoms with van der Waals surface area (Å²) < 4.78 is 16.9. The van der Waals surface area contributed by atoms with Crippen molar-refractivity contribution < 1.29 is 14.2 Å². The number of unbranched alkanes of at least 4 members (excludes halogenated alkanes) is 1. The standard InChI is InChI=1S/C12H18BrNO3/c1-3-4-5-16-6-7-17-11-8-10(13)9-14-12(11)15-2/h8-9H,3-7H2,1-2H3. The number of nitrogens with zero attached hydrogens (tertiary/aromatic N) is 1. The van der Waals surface area contributed by atoms with Crippen LogP contribution in [0.15, 0.2) is 16.7 Å². The van der Waals surface area contributed by atoms with E-state index in [9.17, 15) is 0 Å². The molecule has 0 fully saturated rings. The lowest BCUT2D eigenvalue weighted by molar-refractivity contribution is 0.0967. The Morgan fingerprint density at radius 3 is 2.82 bits per heavy atom. The van der Waals surface area contributed by atoms with Gasteiger partial charge in [-0.2, -0.15) is 0 Å². The molecule has 0 N–H and O–H groups in total. The van der Waals surface area contributed by atoms with Crippen LogP contribution in [0.4, 0.5) is 0 Å². The Balaban J connectivity index is 2.32. The molecule has 0 unspecified atom stereocenters. The molecule has 1 heterocycles. The summed E-state index contributed by atoms with van der Waals surface area (Å²) >= 11 is 3.34. The first-order valence-electron chi connectivity index (χ1n) is 5.68. The highest BCUT2D eigenvalue weighted by molar-refractivity contribution is 9.10. The molecule has 0 aliphatic rings. The first-order valence-corrected chi connectivity index (χ1v) is 6.47. The second-order valence-corrected chi connectivity index (χ2v) is 4.39. The lowest BCUT2D eigenvalue weighted by Gasteiger charge is -2.10. The van der Waals surface area contributed by atoms with E-state index in [1.807, 2.05) is 6.07 Å². The van der Waals surface area contributed by atoms with E-state index in [0.29, 0.717) is 24.8 Å². The molecule has 0 aliphatic carbocycles. The van der Waals surface area contributed by atoms with E-state index in [1.165, 1.54) is 0 Å². The van der Waals surface area contributed by atoms with Crippen molar-refractivity contribution >= 4 is 15.9 Å². The van der Waals surface area contributed by atoms with Crippen LogP contribution in [0.25, 0.3) is 0 Å². The minimum absolute atomic E-state index is 0.488. The molecule has 0 radical (unpaired) electrons. The molecule has 0 saturated carbocycles. The molecule has 1 aromatic rings. The van der Waals surface area contributed by atoms with Gasteiger partial charge in [0, 0.05) is 23.3 Å². The van der Waals surface area contributed by atoms with Crippen LogP contribution in [0.3, 0.4) is 0 Å². The number of halogens is 1. The molecule has 0 atom stereocenters. The summed E-state index contributed by atoms with van der Waals surface area (Å²) in [5.74, 6) is 1.11. The second-order valence-electron chi connectivity index (χ2n) is 3.48. The average molecular weight is 304 g/mol. The van der Waals surface area contributed by atoms with Crippen molar-refractivity contribution in [3.63, 3.8) is 0 Å². The lowest BCUT2D eigenvalue weighted by atomic mass is 10.4. The van der Waals surface area contributed by atoms with Gasteiger partial charge in [-0.25, -0.2) is 4.98 Å². The fraction of sp³-hybridized carbons (Fsp3) is 0.583. The van der Waals surface area contributed by atoms with Crippen molar-refractivity contribution in [2.45, 2.75) is 19.8 Å². The lowest BCUT2D eigenvalue weighted by Crippen LogP contribution is -2.08. The van der Waals surface area contributed by atoms with Gasteiger partial charge in [-0.05, 0) is 22.4 Å². The van der Waals surface area contributed by atoms with Gasteiger partial charge >= 0.3 is 0 Å². The van der Waals surface area contributed by atoms with Gasteiger partial charge < -0.3 is 14.2 Å². The smallest absolute Gasteiger partial charge is 0.256 e. The van der Waals surface area contributed by atoms with Crippen LogP contribution in [0.5, 0.6) is 11.6 Å². The molecule has 0 aromatic carbocycles. The number of methoxy groups -OCH3 is 1. The number of pyridine rings is 1. The van der Waals surface area contributed by atoms with Crippen LogP contribution in [0.2, 0.25) is 0 Å². The third-order valence-corrected chi connectivity index (χ3v) is 2.54. The zero-order chi connectivity index (χ0) is 12.5. The normalized spacial score (nSPS) is 10.3. The van der Waals surface area contributed by atoms with Gasteiger partial charge in [-0.1, -0.05) is 13.3 Å². The van der Waals surface area contributed by atoms with Gasteiger partial charge in [0.1, 0.15) is 6.61 Å². The maximum absolute atomic E-state index is 5.55. The first-order chi connectivity index (χ1) is 8.27. The van der Waals surface area contributed by atoms with E-state index in [4.69, 9.17) is 14.2 Å². The molecule has 4 nitrogen and oxygen atoms in total. The highest BCUT2D eigenvalue weighted by Crippen LogP contribution is 2.27. The van der Waals surface area contributed by atoms with Crippen molar-refractivity contribution in [2.24, 2.45) is 0 Å². The van der Waals surface area contributed by atoms with Crippen LogP contribution >= 0.6 is 15.9 Å². The number of hydrogen-bond acceptors (Lipinski definition) is 4. The van der Waals surface area contributed by atoms with Gasteiger partial charge in [0.05, 0.1) is 13.7 Å². The molecule has 0 bridgehead atoms. The summed E-state index contributed by atoms with van der Waals surface area (Å²) in [6.07, 6.45) is 3.90. The molecule has 1 rings (SSSR count). The van der Waals surface area contributed by atoms with Gasteiger partial charge in [0.2, 0.25) is 0 Å². The van der Waals surface area contributed by atoms with Crippen molar-refractivity contribution in [3.8, 4) is 11.6 Å². The highest BCUT2D eigenvalue weighted by atomic mass is 79.9. The van der Waals surface area contributed by atoms with Crippen LogP contribution in [0, 0.1) is 0 Å². The summed E-state index contributed by atoms with van der Waals surface area (Å²) in [5, 5.41) is 0. The van der Waals surface area contributed by atoms with Gasteiger partial charge in [0.15, 0.2) is 5.75 Å². The first kappa shape index (κ1) is 14.3. The van der Waals surface area contributed by atoms with E-state index < -0.39 is 0 Å². The maximum atomic E-state index is 5.55. The largest absolute Gasteiger partial charge is 0.486 e. The molecule has 1 aromatic heterocycles. The zero-order valence-electron chi connectivity index (χ0n) is 10.2. The minimum atomic E-state index is 0.488. The van der Waals surface area contributed by atoms with E-state index in [2.05, 4.69) is 27.8 Å². The molecule has 0 amide bonds. The van der Waals surface area contributed by atoms with E-state index in [1.54, 1.807) is 13.3 Å². The summed E-state index contributed by atoms with van der Waals surface area (Å²) in [4.78, 5) is 4.09. The van der Waals surface area contributed by atoms with Crippen molar-refractivity contribution in [2.75, 3.05) is 26.9 Å². The van der Waals surface area contributed by atoms with Crippen LogP contribution < -0.4 is 9.47 Å². The van der Waals surface area contributed by atoms with Crippen LogP contribution in [-0.4, -0.2) is 31.9 Å². The summed E-state index contributed by atoms with van der Waals surface area (Å²) in [6.45, 7) is 4.00. The molecule has 17 heavy (non-hydrogen) atoms. The number of rotatable bonds is 8. The third-order valence-electron chi connectivity index (χ3n) is 2.11. The summed E-state index contributed by atoms with van der Waals surface area (Å²) in [5.41, 5.74) is 0. The molecule has 0 spiro atoms. The Hall–Kier alpha value is -0.810. The average Bonchev–Trinajstić information content (AvgIpc) is 2.34. The Morgan fingerprint density at radius 1 is 1.29 bits per heavy atom. The second kappa shape index (κ2) is 8.31. The Bertz CT molecular complexity index is 334. The Kier molecular flexibility index (Phi) is 6.96. The number of hydrogen-bond donors (Lipinski definition) is 0. The molecule has 0 aliphatic heterocycles. The highest BCUT2D eigenvalue weighted by Gasteiger charge is 2.06. The van der Waals surface area contributed by atoms with E-state index >= 15 is 0 Å². The molecule has 0 saturated heterocycles. The fourth-order valence-electron chi connectivity index (χ4n) is 1.22. The fourth-order valence-corrected chi connectivity index (χ4v) is 1.53. The predicted octanol–water partition coefficient (Wildman–Crippen LogP) is 3.05. The summed E-state index contributed by atoms with van der Waals surface area (Å²) in [7, 11) is 1.57. The van der Waals surface area contributed by atoms with Gasteiger partial charge in [0.25, 0.3) is 5.88 Å². The quantitative estimate of drug-likeness (QED) is 0.692. The molecular weight excluding hydrogens is 286 g/mol. The van der Waals surface area contributed by atoms with Crippen molar-refractivity contribution in [1.82, 2.24) is 4.98 Å². The van der Waals surface area contributed by atoms with Crippen molar-refractivity contribution in [1.29, 1.82) is 0 Å². The molecule has 96 valence electrons.